The zero-order chi connectivity index (χ0) is 19.7. The van der Waals surface area contributed by atoms with E-state index in [0.717, 1.165) is 4.90 Å². The highest BCUT2D eigenvalue weighted by Crippen LogP contribution is 2.30. The number of imide groups is 2. The van der Waals surface area contributed by atoms with Crippen molar-refractivity contribution in [2.75, 3.05) is 12.0 Å². The SMILES string of the molecule is COc1ccc(/C=C2\C(=O)NC(=O)N(c3ccc(Cl)c(Cl)c3)C2=O)cc1Br. The average Bonchev–Trinajstić information content (AvgIpc) is 2.61. The first kappa shape index (κ1) is 19.4. The van der Waals surface area contributed by atoms with Gasteiger partial charge in [0.05, 0.1) is 27.3 Å². The predicted molar refractivity (Wildman–Crippen MR) is 106 cm³/mol. The molecule has 2 aromatic carbocycles. The lowest BCUT2D eigenvalue weighted by Crippen LogP contribution is -2.54. The molecule has 138 valence electrons. The van der Waals surface area contributed by atoms with E-state index in [9.17, 15) is 14.4 Å². The van der Waals surface area contributed by atoms with E-state index >= 15 is 0 Å². The van der Waals surface area contributed by atoms with Crippen LogP contribution in [0.4, 0.5) is 10.5 Å². The van der Waals surface area contributed by atoms with Gasteiger partial charge in [0.15, 0.2) is 0 Å². The number of halogens is 3. The van der Waals surface area contributed by atoms with Crippen molar-refractivity contribution in [2.24, 2.45) is 0 Å². The van der Waals surface area contributed by atoms with Gasteiger partial charge in [-0.1, -0.05) is 29.3 Å². The van der Waals surface area contributed by atoms with Crippen molar-refractivity contribution in [3.8, 4) is 5.75 Å². The van der Waals surface area contributed by atoms with Gasteiger partial charge in [0.2, 0.25) is 0 Å². The van der Waals surface area contributed by atoms with Crippen molar-refractivity contribution in [1.82, 2.24) is 5.32 Å². The van der Waals surface area contributed by atoms with Gasteiger partial charge < -0.3 is 4.74 Å². The van der Waals surface area contributed by atoms with Crippen LogP contribution >= 0.6 is 39.1 Å². The molecule has 0 radical (unpaired) electrons. The zero-order valence-electron chi connectivity index (χ0n) is 13.8. The van der Waals surface area contributed by atoms with Crippen LogP contribution in [0.25, 0.3) is 6.08 Å². The van der Waals surface area contributed by atoms with Crippen molar-refractivity contribution in [3.63, 3.8) is 0 Å². The fourth-order valence-electron chi connectivity index (χ4n) is 2.46. The highest BCUT2D eigenvalue weighted by molar-refractivity contribution is 9.10. The Kier molecular flexibility index (Phi) is 5.55. The molecule has 6 nitrogen and oxygen atoms in total. The Balaban J connectivity index is 2.01. The number of nitrogens with zero attached hydrogens (tertiary/aromatic N) is 1. The average molecular weight is 470 g/mol. The van der Waals surface area contributed by atoms with E-state index in [-0.39, 0.29) is 21.3 Å². The molecule has 0 spiro atoms. The van der Waals surface area contributed by atoms with Gasteiger partial charge in [-0.05, 0) is 57.9 Å². The number of hydrogen-bond acceptors (Lipinski definition) is 4. The molecule has 4 amide bonds. The fraction of sp³-hybridized carbons (Fsp3) is 0.0556. The first-order valence-corrected chi connectivity index (χ1v) is 9.06. The fourth-order valence-corrected chi connectivity index (χ4v) is 3.31. The second kappa shape index (κ2) is 7.72. The molecule has 0 bridgehead atoms. The number of benzene rings is 2. The third-order valence-corrected chi connectivity index (χ3v) is 5.11. The molecule has 0 aliphatic carbocycles. The monoisotopic (exact) mass is 468 g/mol. The van der Waals surface area contributed by atoms with Crippen LogP contribution in [0.5, 0.6) is 5.75 Å². The van der Waals surface area contributed by atoms with Crippen LogP contribution in [0.1, 0.15) is 5.56 Å². The van der Waals surface area contributed by atoms with Crippen LogP contribution in [-0.2, 0) is 9.59 Å². The molecule has 1 heterocycles. The van der Waals surface area contributed by atoms with Crippen LogP contribution in [-0.4, -0.2) is 25.0 Å². The molecule has 27 heavy (non-hydrogen) atoms. The molecule has 0 saturated carbocycles. The summed E-state index contributed by atoms with van der Waals surface area (Å²) in [5.41, 5.74) is 0.573. The summed E-state index contributed by atoms with van der Waals surface area (Å²) in [5, 5.41) is 2.60. The molecule has 0 atom stereocenters. The summed E-state index contributed by atoms with van der Waals surface area (Å²) in [7, 11) is 1.52. The largest absolute Gasteiger partial charge is 0.496 e. The van der Waals surface area contributed by atoms with Gasteiger partial charge in [-0.25, -0.2) is 9.69 Å². The zero-order valence-corrected chi connectivity index (χ0v) is 16.9. The van der Waals surface area contributed by atoms with Gasteiger partial charge in [-0.2, -0.15) is 0 Å². The minimum atomic E-state index is -0.864. The Hall–Kier alpha value is -2.35. The van der Waals surface area contributed by atoms with Gasteiger partial charge in [0.25, 0.3) is 11.8 Å². The Labute approximate surface area is 172 Å². The third-order valence-electron chi connectivity index (χ3n) is 3.75. The molecule has 1 N–H and O–H groups in total. The van der Waals surface area contributed by atoms with E-state index in [0.29, 0.717) is 15.8 Å². The molecular weight excluding hydrogens is 459 g/mol. The molecule has 1 saturated heterocycles. The van der Waals surface area contributed by atoms with Gasteiger partial charge in [-0.15, -0.1) is 0 Å². The van der Waals surface area contributed by atoms with E-state index in [1.165, 1.54) is 31.4 Å². The topological polar surface area (TPSA) is 75.7 Å². The second-order valence-electron chi connectivity index (χ2n) is 5.45. The van der Waals surface area contributed by atoms with Crippen molar-refractivity contribution in [3.05, 3.63) is 62.1 Å². The number of carbonyl (C=O) groups is 3. The van der Waals surface area contributed by atoms with Crippen LogP contribution in [0.2, 0.25) is 10.0 Å². The lowest BCUT2D eigenvalue weighted by Gasteiger charge is -2.26. The summed E-state index contributed by atoms with van der Waals surface area (Å²) in [6.45, 7) is 0. The standard InChI is InChI=1S/C18H11BrCl2N2O4/c1-27-15-5-2-9(7-12(15)19)6-11-16(24)22-18(26)23(17(11)25)10-3-4-13(20)14(21)8-10/h2-8H,1H3,(H,22,24,26)/b11-6+. The molecule has 3 rings (SSSR count). The molecule has 0 unspecified atom stereocenters. The van der Waals surface area contributed by atoms with E-state index in [1.54, 1.807) is 18.2 Å². The van der Waals surface area contributed by atoms with Gasteiger partial charge >= 0.3 is 6.03 Å². The number of methoxy groups -OCH3 is 1. The molecule has 1 aliphatic rings. The molecular formula is C18H11BrCl2N2O4. The van der Waals surface area contributed by atoms with Gasteiger partial charge in [-0.3, -0.25) is 14.9 Å². The summed E-state index contributed by atoms with van der Waals surface area (Å²) in [6.07, 6.45) is 1.39. The van der Waals surface area contributed by atoms with Gasteiger partial charge in [0.1, 0.15) is 11.3 Å². The molecule has 1 aliphatic heterocycles. The lowest BCUT2D eigenvalue weighted by molar-refractivity contribution is -0.122. The Morgan fingerprint density at radius 3 is 2.44 bits per heavy atom. The minimum Gasteiger partial charge on any atom is -0.496 e. The summed E-state index contributed by atoms with van der Waals surface area (Å²) in [6, 6.07) is 8.48. The minimum absolute atomic E-state index is 0.177. The summed E-state index contributed by atoms with van der Waals surface area (Å²) >= 11 is 15.2. The Morgan fingerprint density at radius 1 is 1.07 bits per heavy atom. The van der Waals surface area contributed by atoms with Crippen molar-refractivity contribution < 1.29 is 19.1 Å². The quantitative estimate of drug-likeness (QED) is 0.532. The number of rotatable bonds is 3. The molecule has 9 heteroatoms. The normalized spacial score (nSPS) is 15.9. The number of anilines is 1. The second-order valence-corrected chi connectivity index (χ2v) is 7.12. The lowest BCUT2D eigenvalue weighted by atomic mass is 10.1. The van der Waals surface area contributed by atoms with Crippen molar-refractivity contribution in [2.45, 2.75) is 0 Å². The van der Waals surface area contributed by atoms with Crippen LogP contribution in [0, 0.1) is 0 Å². The Morgan fingerprint density at radius 2 is 1.81 bits per heavy atom. The highest BCUT2D eigenvalue weighted by atomic mass is 79.9. The smallest absolute Gasteiger partial charge is 0.335 e. The third kappa shape index (κ3) is 3.85. The molecule has 1 fully saturated rings. The number of ether oxygens (including phenoxy) is 1. The summed E-state index contributed by atoms with van der Waals surface area (Å²) in [4.78, 5) is 38.0. The first-order chi connectivity index (χ1) is 12.8. The van der Waals surface area contributed by atoms with Crippen molar-refractivity contribution in [1.29, 1.82) is 0 Å². The number of carbonyl (C=O) groups excluding carboxylic acids is 3. The van der Waals surface area contributed by atoms with E-state index < -0.39 is 17.8 Å². The van der Waals surface area contributed by atoms with Crippen LogP contribution in [0.3, 0.4) is 0 Å². The van der Waals surface area contributed by atoms with Crippen LogP contribution in [0.15, 0.2) is 46.4 Å². The van der Waals surface area contributed by atoms with E-state index in [2.05, 4.69) is 21.2 Å². The number of barbiturate groups is 1. The number of amides is 4. The predicted octanol–water partition coefficient (Wildman–Crippen LogP) is 4.43. The van der Waals surface area contributed by atoms with Crippen molar-refractivity contribution >= 4 is 68.7 Å². The first-order valence-electron chi connectivity index (χ1n) is 7.52. The number of urea groups is 1. The maximum Gasteiger partial charge on any atom is 0.335 e. The van der Waals surface area contributed by atoms with Gasteiger partial charge in [0, 0.05) is 0 Å². The Bertz CT molecular complexity index is 1010. The maximum atomic E-state index is 12.8. The maximum absolute atomic E-state index is 12.8. The summed E-state index contributed by atoms with van der Waals surface area (Å²) in [5.74, 6) is -0.952. The molecule has 0 aromatic heterocycles. The highest BCUT2D eigenvalue weighted by Gasteiger charge is 2.37. The van der Waals surface area contributed by atoms with Crippen LogP contribution < -0.4 is 15.0 Å². The number of hydrogen-bond donors (Lipinski definition) is 1. The van der Waals surface area contributed by atoms with E-state index in [1.807, 2.05) is 0 Å². The summed E-state index contributed by atoms with van der Waals surface area (Å²) < 4.78 is 5.81. The molecule has 2 aromatic rings. The number of nitrogens with one attached hydrogen (secondary N) is 1. The van der Waals surface area contributed by atoms with E-state index in [4.69, 9.17) is 27.9 Å².